The van der Waals surface area contributed by atoms with E-state index in [-0.39, 0.29) is 5.91 Å². The van der Waals surface area contributed by atoms with Crippen LogP contribution in [0.25, 0.3) is 0 Å². The third kappa shape index (κ3) is 2.95. The highest BCUT2D eigenvalue weighted by atomic mass is 32.1. The van der Waals surface area contributed by atoms with Crippen molar-refractivity contribution in [2.45, 2.75) is 25.7 Å². The molecular weight excluding hydrogens is 308 g/mol. The standard InChI is InChI=1S/C17H20N4OS/c22-16(14-11-13-3-1-2-4-15(13)19-12-14)20-6-8-21(9-7-20)17-18-5-10-23-17/h5,10-12H,1-4,6-9H2. The van der Waals surface area contributed by atoms with Crippen LogP contribution < -0.4 is 4.90 Å². The predicted molar refractivity (Wildman–Crippen MR) is 91.1 cm³/mol. The van der Waals surface area contributed by atoms with Crippen molar-refractivity contribution >= 4 is 22.4 Å². The van der Waals surface area contributed by atoms with E-state index in [1.165, 1.54) is 24.1 Å². The van der Waals surface area contributed by atoms with Crippen LogP contribution in [-0.4, -0.2) is 47.0 Å². The van der Waals surface area contributed by atoms with E-state index in [1.807, 2.05) is 16.5 Å². The number of nitrogens with zero attached hydrogens (tertiary/aromatic N) is 4. The molecule has 5 nitrogen and oxygen atoms in total. The molecular formula is C17H20N4OS. The van der Waals surface area contributed by atoms with Crippen molar-refractivity contribution < 1.29 is 4.79 Å². The highest BCUT2D eigenvalue weighted by molar-refractivity contribution is 7.13. The van der Waals surface area contributed by atoms with E-state index in [0.717, 1.165) is 49.7 Å². The third-order valence-electron chi connectivity index (χ3n) is 4.67. The van der Waals surface area contributed by atoms with Crippen molar-refractivity contribution in [3.63, 3.8) is 0 Å². The molecule has 1 amide bonds. The van der Waals surface area contributed by atoms with Crippen LogP contribution in [0.3, 0.4) is 0 Å². The van der Waals surface area contributed by atoms with E-state index >= 15 is 0 Å². The molecule has 0 aromatic carbocycles. The van der Waals surface area contributed by atoms with Crippen molar-refractivity contribution in [2.75, 3.05) is 31.1 Å². The zero-order valence-corrected chi connectivity index (χ0v) is 13.9. The highest BCUT2D eigenvalue weighted by Crippen LogP contribution is 2.22. The Bertz CT molecular complexity index is 693. The van der Waals surface area contributed by atoms with E-state index in [4.69, 9.17) is 0 Å². The molecule has 2 aromatic rings. The van der Waals surface area contributed by atoms with Gasteiger partial charge in [-0.15, -0.1) is 11.3 Å². The summed E-state index contributed by atoms with van der Waals surface area (Å²) in [6.45, 7) is 3.18. The molecule has 3 heterocycles. The fraction of sp³-hybridized carbons (Fsp3) is 0.471. The number of pyridine rings is 1. The summed E-state index contributed by atoms with van der Waals surface area (Å²) in [5.41, 5.74) is 3.19. The maximum atomic E-state index is 12.7. The second-order valence-corrected chi connectivity index (χ2v) is 7.00. The van der Waals surface area contributed by atoms with Gasteiger partial charge in [0, 0.05) is 49.6 Å². The lowest BCUT2D eigenvalue weighted by atomic mass is 9.95. The van der Waals surface area contributed by atoms with Gasteiger partial charge in [-0.1, -0.05) is 0 Å². The Labute approximate surface area is 140 Å². The van der Waals surface area contributed by atoms with Gasteiger partial charge in [0.25, 0.3) is 5.91 Å². The summed E-state index contributed by atoms with van der Waals surface area (Å²) in [7, 11) is 0. The second-order valence-electron chi connectivity index (χ2n) is 6.13. The van der Waals surface area contributed by atoms with Gasteiger partial charge in [-0.25, -0.2) is 4.98 Å². The van der Waals surface area contributed by atoms with Gasteiger partial charge in [-0.2, -0.15) is 0 Å². The number of fused-ring (bicyclic) bond motifs is 1. The lowest BCUT2D eigenvalue weighted by Gasteiger charge is -2.34. The quantitative estimate of drug-likeness (QED) is 0.849. The summed E-state index contributed by atoms with van der Waals surface area (Å²) in [4.78, 5) is 25.8. The molecule has 0 radical (unpaired) electrons. The average molecular weight is 328 g/mol. The third-order valence-corrected chi connectivity index (χ3v) is 5.51. The van der Waals surface area contributed by atoms with Crippen molar-refractivity contribution in [1.29, 1.82) is 0 Å². The summed E-state index contributed by atoms with van der Waals surface area (Å²) in [5, 5.41) is 3.04. The molecule has 0 atom stereocenters. The van der Waals surface area contributed by atoms with E-state index < -0.39 is 0 Å². The van der Waals surface area contributed by atoms with Gasteiger partial charge in [0.15, 0.2) is 5.13 Å². The SMILES string of the molecule is O=C(c1cnc2c(c1)CCCC2)N1CCN(c2nccs2)CC1. The number of thiazole rings is 1. The van der Waals surface area contributed by atoms with E-state index in [9.17, 15) is 4.79 Å². The smallest absolute Gasteiger partial charge is 0.255 e. The maximum Gasteiger partial charge on any atom is 0.255 e. The van der Waals surface area contributed by atoms with Crippen LogP contribution >= 0.6 is 11.3 Å². The first-order valence-electron chi connectivity index (χ1n) is 8.23. The number of rotatable bonds is 2. The van der Waals surface area contributed by atoms with Crippen molar-refractivity contribution in [3.8, 4) is 0 Å². The molecule has 1 aliphatic heterocycles. The molecule has 0 bridgehead atoms. The average Bonchev–Trinajstić information content (AvgIpc) is 3.15. The van der Waals surface area contributed by atoms with Gasteiger partial charge < -0.3 is 9.80 Å². The lowest BCUT2D eigenvalue weighted by Crippen LogP contribution is -2.48. The Morgan fingerprint density at radius 1 is 1.09 bits per heavy atom. The van der Waals surface area contributed by atoms with Crippen LogP contribution in [0.1, 0.15) is 34.5 Å². The van der Waals surface area contributed by atoms with Crippen molar-refractivity contribution in [2.24, 2.45) is 0 Å². The molecule has 0 saturated carbocycles. The number of aryl methyl sites for hydroxylation is 2. The molecule has 1 aliphatic carbocycles. The Kier molecular flexibility index (Phi) is 3.99. The summed E-state index contributed by atoms with van der Waals surface area (Å²) in [5.74, 6) is 0.115. The Morgan fingerprint density at radius 2 is 1.91 bits per heavy atom. The van der Waals surface area contributed by atoms with Crippen LogP contribution in [0.15, 0.2) is 23.8 Å². The van der Waals surface area contributed by atoms with Gasteiger partial charge in [0.05, 0.1) is 5.56 Å². The normalized spacial score (nSPS) is 17.9. The van der Waals surface area contributed by atoms with E-state index in [1.54, 1.807) is 17.5 Å². The first-order valence-corrected chi connectivity index (χ1v) is 9.11. The molecule has 2 aliphatic rings. The van der Waals surface area contributed by atoms with Crippen LogP contribution in [0, 0.1) is 0 Å². The predicted octanol–water partition coefficient (Wildman–Crippen LogP) is 2.38. The molecule has 6 heteroatoms. The summed E-state index contributed by atoms with van der Waals surface area (Å²) >= 11 is 1.65. The monoisotopic (exact) mass is 328 g/mol. The minimum Gasteiger partial charge on any atom is -0.345 e. The van der Waals surface area contributed by atoms with E-state index in [0.29, 0.717) is 0 Å². The zero-order valence-electron chi connectivity index (χ0n) is 13.1. The first kappa shape index (κ1) is 14.6. The lowest BCUT2D eigenvalue weighted by molar-refractivity contribution is 0.0746. The van der Waals surface area contributed by atoms with Crippen LogP contribution in [0.2, 0.25) is 0 Å². The highest BCUT2D eigenvalue weighted by Gasteiger charge is 2.24. The first-order chi connectivity index (χ1) is 11.3. The topological polar surface area (TPSA) is 49.3 Å². The number of piperazine rings is 1. The Hall–Kier alpha value is -1.95. The number of aromatic nitrogens is 2. The molecule has 2 aromatic heterocycles. The molecule has 0 spiro atoms. The van der Waals surface area contributed by atoms with Gasteiger partial charge in [-0.05, 0) is 37.3 Å². The van der Waals surface area contributed by atoms with Crippen molar-refractivity contribution in [3.05, 3.63) is 40.7 Å². The van der Waals surface area contributed by atoms with E-state index in [2.05, 4.69) is 20.9 Å². The summed E-state index contributed by atoms with van der Waals surface area (Å²) in [6, 6.07) is 2.07. The Morgan fingerprint density at radius 3 is 2.70 bits per heavy atom. The number of carbonyl (C=O) groups excluding carboxylic acids is 1. The molecule has 0 unspecified atom stereocenters. The minimum absolute atomic E-state index is 0.115. The van der Waals surface area contributed by atoms with Gasteiger partial charge >= 0.3 is 0 Å². The number of amides is 1. The van der Waals surface area contributed by atoms with Gasteiger partial charge in [0.2, 0.25) is 0 Å². The molecule has 1 fully saturated rings. The van der Waals surface area contributed by atoms with Crippen molar-refractivity contribution in [1.82, 2.24) is 14.9 Å². The summed E-state index contributed by atoms with van der Waals surface area (Å²) < 4.78 is 0. The second kappa shape index (κ2) is 6.28. The van der Waals surface area contributed by atoms with Crippen LogP contribution in [0.4, 0.5) is 5.13 Å². The number of hydrogen-bond acceptors (Lipinski definition) is 5. The molecule has 23 heavy (non-hydrogen) atoms. The number of anilines is 1. The minimum atomic E-state index is 0.115. The molecule has 4 rings (SSSR count). The summed E-state index contributed by atoms with van der Waals surface area (Å²) in [6.07, 6.45) is 8.12. The zero-order chi connectivity index (χ0) is 15.6. The fourth-order valence-corrected chi connectivity index (χ4v) is 4.06. The van der Waals surface area contributed by atoms with Gasteiger partial charge in [0.1, 0.15) is 0 Å². The Balaban J connectivity index is 1.44. The largest absolute Gasteiger partial charge is 0.345 e. The number of hydrogen-bond donors (Lipinski definition) is 0. The molecule has 0 N–H and O–H groups in total. The van der Waals surface area contributed by atoms with Crippen LogP contribution in [0.5, 0.6) is 0 Å². The maximum absolute atomic E-state index is 12.7. The van der Waals surface area contributed by atoms with Gasteiger partial charge in [-0.3, -0.25) is 9.78 Å². The molecule has 1 saturated heterocycles. The van der Waals surface area contributed by atoms with Crippen LogP contribution in [-0.2, 0) is 12.8 Å². The molecule has 120 valence electrons. The fourth-order valence-electron chi connectivity index (χ4n) is 3.36. The number of carbonyl (C=O) groups is 1.